The van der Waals surface area contributed by atoms with E-state index < -0.39 is 0 Å². The van der Waals surface area contributed by atoms with Crippen LogP contribution in [0.3, 0.4) is 0 Å². The van der Waals surface area contributed by atoms with Gasteiger partial charge in [-0.25, -0.2) is 0 Å². The number of pyridine rings is 1. The van der Waals surface area contributed by atoms with Gasteiger partial charge in [-0.05, 0) is 30.3 Å². The summed E-state index contributed by atoms with van der Waals surface area (Å²) >= 11 is 0. The predicted molar refractivity (Wildman–Crippen MR) is 84.6 cm³/mol. The molecule has 1 aliphatic heterocycles. The second kappa shape index (κ2) is 5.84. The van der Waals surface area contributed by atoms with Gasteiger partial charge < -0.3 is 5.73 Å². The minimum absolute atomic E-state index is 0.0207. The molecule has 21 heavy (non-hydrogen) atoms. The molecule has 0 bridgehead atoms. The van der Waals surface area contributed by atoms with Crippen molar-refractivity contribution in [3.8, 4) is 5.69 Å². The van der Waals surface area contributed by atoms with Crippen LogP contribution >= 0.6 is 0 Å². The Labute approximate surface area is 124 Å². The highest BCUT2D eigenvalue weighted by atomic mass is 16.1. The van der Waals surface area contributed by atoms with E-state index in [1.54, 1.807) is 0 Å². The third kappa shape index (κ3) is 2.52. The van der Waals surface area contributed by atoms with E-state index in [1.807, 2.05) is 41.0 Å². The van der Waals surface area contributed by atoms with Gasteiger partial charge in [0.2, 0.25) is 0 Å². The topological polar surface area (TPSA) is 51.3 Å². The molecule has 4 nitrogen and oxygen atoms in total. The molecule has 0 atom stereocenters. The number of aromatic nitrogens is 1. The van der Waals surface area contributed by atoms with Gasteiger partial charge in [-0.1, -0.05) is 25.1 Å². The Bertz CT molecular complexity index is 691. The molecular weight excluding hydrogens is 262 g/mol. The molecule has 0 spiro atoms. The van der Waals surface area contributed by atoms with Crippen molar-refractivity contribution < 1.29 is 0 Å². The molecule has 2 heterocycles. The van der Waals surface area contributed by atoms with Crippen LogP contribution < -0.4 is 11.3 Å². The van der Waals surface area contributed by atoms with E-state index in [1.165, 1.54) is 5.56 Å². The average Bonchev–Trinajstić information content (AvgIpc) is 2.54. The first kappa shape index (κ1) is 14.0. The monoisotopic (exact) mass is 283 g/mol. The molecule has 0 saturated carbocycles. The molecular formula is C17H21N3O. The third-order valence-electron chi connectivity index (χ3n) is 4.21. The Kier molecular flexibility index (Phi) is 3.90. The fourth-order valence-electron chi connectivity index (χ4n) is 3.02. The van der Waals surface area contributed by atoms with Gasteiger partial charge in [0.1, 0.15) is 0 Å². The summed E-state index contributed by atoms with van der Waals surface area (Å²) in [6.45, 7) is 5.37. The van der Waals surface area contributed by atoms with Crippen molar-refractivity contribution in [2.24, 2.45) is 5.73 Å². The van der Waals surface area contributed by atoms with Crippen LogP contribution in [-0.4, -0.2) is 22.6 Å². The lowest BCUT2D eigenvalue weighted by atomic mass is 10.0. The Balaban J connectivity index is 2.21. The van der Waals surface area contributed by atoms with Crippen molar-refractivity contribution in [2.45, 2.75) is 26.4 Å². The zero-order chi connectivity index (χ0) is 14.8. The van der Waals surface area contributed by atoms with E-state index in [0.29, 0.717) is 5.56 Å². The second-order valence-corrected chi connectivity index (χ2v) is 5.44. The molecule has 0 fully saturated rings. The van der Waals surface area contributed by atoms with Gasteiger partial charge in [0.05, 0.1) is 0 Å². The maximum atomic E-state index is 12.7. The molecule has 0 radical (unpaired) electrons. The lowest BCUT2D eigenvalue weighted by Gasteiger charge is -2.30. The van der Waals surface area contributed by atoms with Gasteiger partial charge in [-0.3, -0.25) is 14.3 Å². The molecule has 4 heteroatoms. The molecule has 0 unspecified atom stereocenters. The predicted octanol–water partition coefficient (Wildman–Crippen LogP) is 1.67. The smallest absolute Gasteiger partial charge is 0.259 e. The van der Waals surface area contributed by atoms with Gasteiger partial charge >= 0.3 is 0 Å². The number of hydrogen-bond donors (Lipinski definition) is 1. The Morgan fingerprint density at radius 1 is 1.24 bits per heavy atom. The first-order valence-electron chi connectivity index (χ1n) is 7.49. The molecule has 3 rings (SSSR count). The highest BCUT2D eigenvalue weighted by Crippen LogP contribution is 2.21. The largest absolute Gasteiger partial charge is 0.326 e. The van der Waals surface area contributed by atoms with Crippen LogP contribution in [0.25, 0.3) is 5.69 Å². The normalized spacial score (nSPS) is 15.0. The molecule has 110 valence electrons. The number of benzene rings is 1. The number of nitrogens with two attached hydrogens (primary N) is 1. The van der Waals surface area contributed by atoms with Gasteiger partial charge in [0.25, 0.3) is 5.56 Å². The number of fused-ring (bicyclic) bond motifs is 1. The fourth-order valence-corrected chi connectivity index (χ4v) is 3.02. The van der Waals surface area contributed by atoms with Crippen molar-refractivity contribution in [1.29, 1.82) is 0 Å². The molecule has 1 aromatic heterocycles. The number of nitrogens with zero attached hydrogens (tertiary/aromatic N) is 2. The van der Waals surface area contributed by atoms with Gasteiger partial charge in [0, 0.05) is 43.0 Å². The van der Waals surface area contributed by atoms with Crippen LogP contribution in [0.15, 0.2) is 41.2 Å². The van der Waals surface area contributed by atoms with Crippen LogP contribution in [0.2, 0.25) is 0 Å². The van der Waals surface area contributed by atoms with Gasteiger partial charge in [0.15, 0.2) is 0 Å². The van der Waals surface area contributed by atoms with E-state index >= 15 is 0 Å². The SMILES string of the molecule is CCN1CCc2c(cc(CN)c(=O)n2-c2ccccc2)C1. The van der Waals surface area contributed by atoms with Crippen molar-refractivity contribution in [3.05, 3.63) is 63.6 Å². The van der Waals surface area contributed by atoms with E-state index in [9.17, 15) is 4.79 Å². The first-order valence-corrected chi connectivity index (χ1v) is 7.49. The van der Waals surface area contributed by atoms with Crippen molar-refractivity contribution >= 4 is 0 Å². The summed E-state index contributed by atoms with van der Waals surface area (Å²) in [4.78, 5) is 15.1. The summed E-state index contributed by atoms with van der Waals surface area (Å²) in [5, 5.41) is 0. The lowest BCUT2D eigenvalue weighted by molar-refractivity contribution is 0.264. The zero-order valence-corrected chi connectivity index (χ0v) is 12.4. The number of para-hydroxylation sites is 1. The number of rotatable bonds is 3. The van der Waals surface area contributed by atoms with E-state index in [-0.39, 0.29) is 12.1 Å². The standard InChI is InChI=1S/C17H21N3O/c1-2-19-9-8-16-14(12-19)10-13(11-18)17(21)20(16)15-6-4-3-5-7-15/h3-7,10H,2,8-9,11-12,18H2,1H3. The summed E-state index contributed by atoms with van der Waals surface area (Å²) in [5.41, 5.74) is 9.77. The molecule has 0 saturated heterocycles. The summed E-state index contributed by atoms with van der Waals surface area (Å²) in [6.07, 6.45) is 0.901. The van der Waals surface area contributed by atoms with E-state index in [4.69, 9.17) is 5.73 Å². The Morgan fingerprint density at radius 2 is 2.00 bits per heavy atom. The molecule has 2 aromatic rings. The summed E-state index contributed by atoms with van der Waals surface area (Å²) in [5.74, 6) is 0. The van der Waals surface area contributed by atoms with Crippen LogP contribution in [0.4, 0.5) is 0 Å². The lowest BCUT2D eigenvalue weighted by Crippen LogP contribution is -2.36. The molecule has 1 aliphatic rings. The van der Waals surface area contributed by atoms with Crippen molar-refractivity contribution in [1.82, 2.24) is 9.47 Å². The minimum atomic E-state index is 0.0207. The minimum Gasteiger partial charge on any atom is -0.326 e. The van der Waals surface area contributed by atoms with Crippen molar-refractivity contribution in [3.63, 3.8) is 0 Å². The number of likely N-dealkylation sites (N-methyl/N-ethyl adjacent to an activating group) is 1. The third-order valence-corrected chi connectivity index (χ3v) is 4.21. The van der Waals surface area contributed by atoms with E-state index in [2.05, 4.69) is 11.8 Å². The Hall–Kier alpha value is -1.91. The maximum absolute atomic E-state index is 12.7. The highest BCUT2D eigenvalue weighted by Gasteiger charge is 2.21. The molecule has 0 aliphatic carbocycles. The number of hydrogen-bond acceptors (Lipinski definition) is 3. The zero-order valence-electron chi connectivity index (χ0n) is 12.4. The van der Waals surface area contributed by atoms with Gasteiger partial charge in [-0.15, -0.1) is 0 Å². The summed E-state index contributed by atoms with van der Waals surface area (Å²) in [7, 11) is 0. The molecule has 2 N–H and O–H groups in total. The quantitative estimate of drug-likeness (QED) is 0.932. The summed E-state index contributed by atoms with van der Waals surface area (Å²) < 4.78 is 1.85. The maximum Gasteiger partial charge on any atom is 0.259 e. The van der Waals surface area contributed by atoms with E-state index in [0.717, 1.165) is 37.4 Å². The summed E-state index contributed by atoms with van der Waals surface area (Å²) in [6, 6.07) is 11.8. The first-order chi connectivity index (χ1) is 10.2. The van der Waals surface area contributed by atoms with Crippen LogP contribution in [0.1, 0.15) is 23.7 Å². The molecule has 1 aromatic carbocycles. The van der Waals surface area contributed by atoms with Gasteiger partial charge in [-0.2, -0.15) is 0 Å². The van der Waals surface area contributed by atoms with Crippen LogP contribution in [0.5, 0.6) is 0 Å². The van der Waals surface area contributed by atoms with Crippen LogP contribution in [-0.2, 0) is 19.5 Å². The fraction of sp³-hybridized carbons (Fsp3) is 0.353. The second-order valence-electron chi connectivity index (χ2n) is 5.44. The van der Waals surface area contributed by atoms with Crippen molar-refractivity contribution in [2.75, 3.05) is 13.1 Å². The van der Waals surface area contributed by atoms with Crippen LogP contribution in [0, 0.1) is 0 Å². The highest BCUT2D eigenvalue weighted by molar-refractivity contribution is 5.40. The Morgan fingerprint density at radius 3 is 2.67 bits per heavy atom. The molecule has 0 amide bonds. The average molecular weight is 283 g/mol.